The first-order chi connectivity index (χ1) is 12.3. The lowest BCUT2D eigenvalue weighted by atomic mass is 9.99. The summed E-state index contributed by atoms with van der Waals surface area (Å²) in [5.41, 5.74) is 1.94. The first-order valence-corrected chi connectivity index (χ1v) is 10.3. The number of benzene rings is 1. The number of aromatic nitrogens is 2. The third kappa shape index (κ3) is 4.47. The van der Waals surface area contributed by atoms with Gasteiger partial charge in [0.2, 0.25) is 27.6 Å². The molecule has 0 saturated carbocycles. The van der Waals surface area contributed by atoms with Gasteiger partial charge in [-0.05, 0) is 25.8 Å². The molecule has 1 fully saturated rings. The van der Waals surface area contributed by atoms with Gasteiger partial charge in [-0.3, -0.25) is 4.79 Å². The van der Waals surface area contributed by atoms with Gasteiger partial charge in [-0.15, -0.1) is 0 Å². The number of nitrogens with zero attached hydrogens (tertiary/aromatic N) is 3. The third-order valence-electron chi connectivity index (χ3n) is 4.38. The van der Waals surface area contributed by atoms with Gasteiger partial charge in [-0.1, -0.05) is 28.9 Å². The summed E-state index contributed by atoms with van der Waals surface area (Å²) in [6.07, 6.45) is 2.50. The number of sulfonamides is 1. The summed E-state index contributed by atoms with van der Waals surface area (Å²) in [5, 5.41) is 6.70. The van der Waals surface area contributed by atoms with Crippen molar-refractivity contribution in [3.05, 3.63) is 35.7 Å². The van der Waals surface area contributed by atoms with E-state index in [2.05, 4.69) is 15.5 Å². The van der Waals surface area contributed by atoms with E-state index in [9.17, 15) is 13.2 Å². The molecule has 1 unspecified atom stereocenters. The molecule has 2 heterocycles. The highest BCUT2D eigenvalue weighted by atomic mass is 32.2. The van der Waals surface area contributed by atoms with Crippen LogP contribution in [-0.4, -0.2) is 48.1 Å². The van der Waals surface area contributed by atoms with Crippen LogP contribution in [0.5, 0.6) is 0 Å². The highest BCUT2D eigenvalue weighted by molar-refractivity contribution is 7.88. The van der Waals surface area contributed by atoms with Crippen molar-refractivity contribution in [3.8, 4) is 11.4 Å². The number of amides is 1. The van der Waals surface area contributed by atoms with Crippen LogP contribution in [0.2, 0.25) is 0 Å². The maximum atomic E-state index is 12.3. The van der Waals surface area contributed by atoms with Gasteiger partial charge in [0.05, 0.1) is 18.7 Å². The normalized spacial score (nSPS) is 18.6. The predicted molar refractivity (Wildman–Crippen MR) is 95.5 cm³/mol. The smallest absolute Gasteiger partial charge is 0.246 e. The molecule has 8 nitrogen and oxygen atoms in total. The summed E-state index contributed by atoms with van der Waals surface area (Å²) in [6, 6.07) is 7.74. The fourth-order valence-electron chi connectivity index (χ4n) is 2.99. The molecule has 2 aromatic rings. The Bertz CT molecular complexity index is 894. The van der Waals surface area contributed by atoms with E-state index in [1.807, 2.05) is 31.2 Å². The van der Waals surface area contributed by atoms with Crippen LogP contribution in [0.3, 0.4) is 0 Å². The minimum atomic E-state index is -3.28. The fraction of sp³-hybridized carbons (Fsp3) is 0.471. The van der Waals surface area contributed by atoms with E-state index < -0.39 is 10.0 Å². The molecule has 1 atom stereocenters. The Balaban J connectivity index is 1.58. The lowest BCUT2D eigenvalue weighted by molar-refractivity contribution is -0.126. The van der Waals surface area contributed by atoms with Crippen molar-refractivity contribution >= 4 is 15.9 Å². The topological polar surface area (TPSA) is 105 Å². The summed E-state index contributed by atoms with van der Waals surface area (Å²) in [7, 11) is -3.28. The van der Waals surface area contributed by atoms with E-state index in [1.165, 1.54) is 10.6 Å². The van der Waals surface area contributed by atoms with Crippen molar-refractivity contribution in [2.75, 3.05) is 19.3 Å². The second-order valence-electron chi connectivity index (χ2n) is 6.56. The van der Waals surface area contributed by atoms with Gasteiger partial charge in [0.15, 0.2) is 0 Å². The summed E-state index contributed by atoms with van der Waals surface area (Å²) in [6.45, 7) is 2.77. The molecule has 1 N–H and O–H groups in total. The van der Waals surface area contributed by atoms with Crippen LogP contribution in [0, 0.1) is 12.8 Å². The number of nitrogens with one attached hydrogen (secondary N) is 1. The molecule has 26 heavy (non-hydrogen) atoms. The zero-order valence-corrected chi connectivity index (χ0v) is 15.6. The minimum absolute atomic E-state index is 0.118. The lowest BCUT2D eigenvalue weighted by Gasteiger charge is -2.29. The Morgan fingerprint density at radius 3 is 2.96 bits per heavy atom. The first-order valence-electron chi connectivity index (χ1n) is 8.45. The van der Waals surface area contributed by atoms with E-state index in [-0.39, 0.29) is 24.9 Å². The fourth-order valence-corrected chi connectivity index (χ4v) is 3.90. The maximum Gasteiger partial charge on any atom is 0.246 e. The van der Waals surface area contributed by atoms with E-state index in [1.54, 1.807) is 0 Å². The number of hydrogen-bond donors (Lipinski definition) is 1. The van der Waals surface area contributed by atoms with Crippen molar-refractivity contribution in [1.29, 1.82) is 0 Å². The molecule has 0 aliphatic carbocycles. The van der Waals surface area contributed by atoms with Crippen molar-refractivity contribution in [3.63, 3.8) is 0 Å². The first kappa shape index (κ1) is 18.5. The Labute approximate surface area is 152 Å². The van der Waals surface area contributed by atoms with Crippen LogP contribution >= 0.6 is 0 Å². The molecule has 0 radical (unpaired) electrons. The molecule has 1 aromatic carbocycles. The zero-order chi connectivity index (χ0) is 18.7. The van der Waals surface area contributed by atoms with Crippen LogP contribution in [-0.2, 0) is 21.4 Å². The lowest BCUT2D eigenvalue weighted by Crippen LogP contribution is -2.44. The molecule has 1 amide bonds. The van der Waals surface area contributed by atoms with Crippen molar-refractivity contribution < 1.29 is 17.7 Å². The molecule has 1 saturated heterocycles. The highest BCUT2D eigenvalue weighted by Gasteiger charge is 2.30. The van der Waals surface area contributed by atoms with Crippen LogP contribution in [0.1, 0.15) is 24.3 Å². The number of piperidine rings is 1. The number of hydrogen-bond acceptors (Lipinski definition) is 6. The molecule has 1 aliphatic heterocycles. The molecule has 3 rings (SSSR count). The van der Waals surface area contributed by atoms with Crippen LogP contribution in [0.15, 0.2) is 28.8 Å². The van der Waals surface area contributed by atoms with Gasteiger partial charge in [0, 0.05) is 18.7 Å². The second kappa shape index (κ2) is 7.55. The molecule has 1 aromatic heterocycles. The van der Waals surface area contributed by atoms with Crippen molar-refractivity contribution in [1.82, 2.24) is 19.8 Å². The SMILES string of the molecule is Cc1cccc(-c2noc(CNC(=O)C3CCCN(S(C)(=O)=O)C3)n2)c1. The number of carbonyl (C=O) groups excluding carboxylic acids is 1. The van der Waals surface area contributed by atoms with Crippen molar-refractivity contribution in [2.45, 2.75) is 26.3 Å². The number of aryl methyl sites for hydroxylation is 1. The van der Waals surface area contributed by atoms with Crippen LogP contribution < -0.4 is 5.32 Å². The molecule has 0 bridgehead atoms. The van der Waals surface area contributed by atoms with Gasteiger partial charge in [0.1, 0.15) is 0 Å². The molecular formula is C17H22N4O4S. The van der Waals surface area contributed by atoms with E-state index in [0.29, 0.717) is 31.1 Å². The minimum Gasteiger partial charge on any atom is -0.347 e. The Kier molecular flexibility index (Phi) is 5.38. The summed E-state index contributed by atoms with van der Waals surface area (Å²) in [4.78, 5) is 16.6. The summed E-state index contributed by atoms with van der Waals surface area (Å²) < 4.78 is 29.9. The predicted octanol–water partition coefficient (Wildman–Crippen LogP) is 1.33. The number of carbonyl (C=O) groups is 1. The van der Waals surface area contributed by atoms with E-state index in [4.69, 9.17) is 4.52 Å². The average molecular weight is 378 g/mol. The zero-order valence-electron chi connectivity index (χ0n) is 14.8. The van der Waals surface area contributed by atoms with Gasteiger partial charge in [-0.25, -0.2) is 12.7 Å². The molecular weight excluding hydrogens is 356 g/mol. The van der Waals surface area contributed by atoms with Crippen LogP contribution in [0.25, 0.3) is 11.4 Å². The average Bonchev–Trinajstić information content (AvgIpc) is 3.08. The maximum absolute atomic E-state index is 12.3. The van der Waals surface area contributed by atoms with Gasteiger partial charge < -0.3 is 9.84 Å². The van der Waals surface area contributed by atoms with E-state index in [0.717, 1.165) is 11.1 Å². The Hall–Kier alpha value is -2.26. The van der Waals surface area contributed by atoms with Crippen molar-refractivity contribution in [2.24, 2.45) is 5.92 Å². The highest BCUT2D eigenvalue weighted by Crippen LogP contribution is 2.19. The largest absolute Gasteiger partial charge is 0.347 e. The van der Waals surface area contributed by atoms with Gasteiger partial charge >= 0.3 is 0 Å². The Morgan fingerprint density at radius 1 is 1.42 bits per heavy atom. The van der Waals surface area contributed by atoms with Gasteiger partial charge in [-0.2, -0.15) is 4.98 Å². The number of rotatable bonds is 5. The summed E-state index contributed by atoms with van der Waals surface area (Å²) >= 11 is 0. The summed E-state index contributed by atoms with van der Waals surface area (Å²) in [5.74, 6) is 0.218. The van der Waals surface area contributed by atoms with Crippen LogP contribution in [0.4, 0.5) is 0 Å². The third-order valence-corrected chi connectivity index (χ3v) is 5.65. The second-order valence-corrected chi connectivity index (χ2v) is 8.54. The molecule has 9 heteroatoms. The Morgan fingerprint density at radius 2 is 2.23 bits per heavy atom. The molecule has 140 valence electrons. The molecule has 0 spiro atoms. The van der Waals surface area contributed by atoms with Gasteiger partial charge in [0.25, 0.3) is 0 Å². The van der Waals surface area contributed by atoms with E-state index >= 15 is 0 Å². The standard InChI is InChI=1S/C17H22N4O4S/c1-12-5-3-6-13(9-12)16-19-15(25-20-16)10-18-17(22)14-7-4-8-21(11-14)26(2,23)24/h3,5-6,9,14H,4,7-8,10-11H2,1-2H3,(H,18,22). The molecule has 1 aliphatic rings. The quantitative estimate of drug-likeness (QED) is 0.841. The monoisotopic (exact) mass is 378 g/mol.